The summed E-state index contributed by atoms with van der Waals surface area (Å²) in [5.74, 6) is 0.391. The lowest BCUT2D eigenvalue weighted by atomic mass is 9.92. The van der Waals surface area contributed by atoms with Gasteiger partial charge < -0.3 is 14.8 Å². The normalized spacial score (nSPS) is 21.0. The van der Waals surface area contributed by atoms with Crippen LogP contribution < -0.4 is 10.9 Å². The van der Waals surface area contributed by atoms with Gasteiger partial charge in [0, 0.05) is 25.3 Å². The fourth-order valence-electron chi connectivity index (χ4n) is 4.79. The lowest BCUT2D eigenvalue weighted by molar-refractivity contribution is 0.0757. The zero-order chi connectivity index (χ0) is 20.2. The Morgan fingerprint density at radius 3 is 2.52 bits per heavy atom. The minimum absolute atomic E-state index is 0.0931. The Morgan fingerprint density at radius 1 is 1.00 bits per heavy atom. The van der Waals surface area contributed by atoms with Crippen molar-refractivity contribution >= 4 is 5.91 Å². The molecule has 4 rings (SSSR count). The van der Waals surface area contributed by atoms with Gasteiger partial charge in [-0.15, -0.1) is 0 Å². The first-order chi connectivity index (χ1) is 14.1. The number of nitrogens with zero attached hydrogens (tertiary/aromatic N) is 2. The van der Waals surface area contributed by atoms with E-state index < -0.39 is 0 Å². The highest BCUT2D eigenvalue weighted by atomic mass is 16.2. The quantitative estimate of drug-likeness (QED) is 0.868. The maximum atomic E-state index is 13.4. The number of pyridine rings is 1. The summed E-state index contributed by atoms with van der Waals surface area (Å²) in [5, 5.41) is 3.34. The molecular formula is C24H31N3O2. The van der Waals surface area contributed by atoms with Gasteiger partial charge in [0.1, 0.15) is 5.56 Å². The Balaban J connectivity index is 1.54. The molecule has 2 saturated heterocycles. The molecule has 2 fully saturated rings. The van der Waals surface area contributed by atoms with Gasteiger partial charge in [-0.05, 0) is 75.2 Å². The van der Waals surface area contributed by atoms with Gasteiger partial charge in [-0.3, -0.25) is 9.59 Å². The van der Waals surface area contributed by atoms with E-state index in [1.54, 1.807) is 4.57 Å². The molecule has 1 amide bonds. The predicted octanol–water partition coefficient (Wildman–Crippen LogP) is 3.49. The molecule has 0 radical (unpaired) electrons. The van der Waals surface area contributed by atoms with Crippen molar-refractivity contribution in [2.45, 2.75) is 51.0 Å². The number of hydrogen-bond donors (Lipinski definition) is 1. The molecule has 29 heavy (non-hydrogen) atoms. The molecule has 1 aromatic heterocycles. The lowest BCUT2D eigenvalue weighted by Gasteiger charge is -2.26. The molecule has 0 saturated carbocycles. The average molecular weight is 394 g/mol. The number of amides is 1. The summed E-state index contributed by atoms with van der Waals surface area (Å²) in [5.41, 5.74) is 2.38. The number of aromatic nitrogens is 1. The largest absolute Gasteiger partial charge is 0.338 e. The van der Waals surface area contributed by atoms with E-state index >= 15 is 0 Å². The highest BCUT2D eigenvalue weighted by Crippen LogP contribution is 2.28. The van der Waals surface area contributed by atoms with Crippen molar-refractivity contribution in [2.24, 2.45) is 0 Å². The summed E-state index contributed by atoms with van der Waals surface area (Å²) in [6.45, 7) is 5.15. The lowest BCUT2D eigenvalue weighted by Crippen LogP contribution is -2.40. The molecule has 0 spiro atoms. The van der Waals surface area contributed by atoms with Crippen LogP contribution >= 0.6 is 0 Å². The minimum atomic E-state index is -0.120. The van der Waals surface area contributed by atoms with E-state index in [1.807, 2.05) is 30.2 Å². The molecule has 154 valence electrons. The van der Waals surface area contributed by atoms with Crippen LogP contribution in [0.4, 0.5) is 0 Å². The van der Waals surface area contributed by atoms with E-state index in [2.05, 4.69) is 29.6 Å². The minimum Gasteiger partial charge on any atom is -0.338 e. The highest BCUT2D eigenvalue weighted by Gasteiger charge is 2.27. The van der Waals surface area contributed by atoms with Gasteiger partial charge in [-0.25, -0.2) is 0 Å². The van der Waals surface area contributed by atoms with Gasteiger partial charge in [0.05, 0.1) is 0 Å². The number of nitrogens with one attached hydrogen (secondary N) is 1. The third-order valence-electron chi connectivity index (χ3n) is 6.53. The number of likely N-dealkylation sites (tertiary alicyclic amines) is 1. The molecule has 1 aromatic carbocycles. The second-order valence-electron chi connectivity index (χ2n) is 8.40. The third-order valence-corrected chi connectivity index (χ3v) is 6.53. The van der Waals surface area contributed by atoms with E-state index in [0.29, 0.717) is 18.0 Å². The van der Waals surface area contributed by atoms with Gasteiger partial charge >= 0.3 is 0 Å². The summed E-state index contributed by atoms with van der Waals surface area (Å²) in [7, 11) is 0. The molecular weight excluding hydrogens is 362 g/mol. The Morgan fingerprint density at radius 2 is 1.76 bits per heavy atom. The molecule has 5 heteroatoms. The smallest absolute Gasteiger partial charge is 0.263 e. The van der Waals surface area contributed by atoms with E-state index in [0.717, 1.165) is 57.3 Å². The van der Waals surface area contributed by atoms with Gasteiger partial charge in [-0.1, -0.05) is 30.3 Å². The van der Waals surface area contributed by atoms with Crippen LogP contribution in [0.15, 0.2) is 47.4 Å². The number of aryl methyl sites for hydroxylation is 1. The summed E-state index contributed by atoms with van der Waals surface area (Å²) in [6.07, 6.45) is 6.74. The Labute approximate surface area is 172 Å². The number of hydrogen-bond acceptors (Lipinski definition) is 3. The Bertz CT molecular complexity index is 900. The molecule has 1 unspecified atom stereocenters. The van der Waals surface area contributed by atoms with Crippen LogP contribution in [-0.2, 0) is 0 Å². The van der Waals surface area contributed by atoms with Gasteiger partial charge in [0.15, 0.2) is 0 Å². The van der Waals surface area contributed by atoms with Crippen molar-refractivity contribution in [3.05, 3.63) is 69.6 Å². The predicted molar refractivity (Wildman–Crippen MR) is 116 cm³/mol. The number of carbonyl (C=O) groups excluding carboxylic acids is 1. The summed E-state index contributed by atoms with van der Waals surface area (Å²) >= 11 is 0. The zero-order valence-corrected chi connectivity index (χ0v) is 17.3. The third kappa shape index (κ3) is 4.30. The Hall–Kier alpha value is -2.40. The van der Waals surface area contributed by atoms with Crippen LogP contribution in [0.5, 0.6) is 0 Å². The zero-order valence-electron chi connectivity index (χ0n) is 17.3. The molecule has 2 aromatic rings. The topological polar surface area (TPSA) is 54.3 Å². The highest BCUT2D eigenvalue weighted by molar-refractivity contribution is 5.95. The van der Waals surface area contributed by atoms with E-state index in [-0.39, 0.29) is 17.5 Å². The van der Waals surface area contributed by atoms with Crippen molar-refractivity contribution in [3.63, 3.8) is 0 Å². The van der Waals surface area contributed by atoms with Crippen molar-refractivity contribution in [2.75, 3.05) is 26.2 Å². The van der Waals surface area contributed by atoms with Gasteiger partial charge in [0.2, 0.25) is 0 Å². The maximum absolute atomic E-state index is 13.4. The Kier molecular flexibility index (Phi) is 6.14. The molecule has 2 aliphatic heterocycles. The molecule has 3 heterocycles. The van der Waals surface area contributed by atoms with Crippen molar-refractivity contribution < 1.29 is 4.79 Å². The molecule has 5 nitrogen and oxygen atoms in total. The standard InChI is InChI=1S/C24H31N3O2/c1-18-11-17-27(21-9-13-25-14-10-21)24(29)22(18)23(28)26-15-5-8-20(12-16-26)19-6-3-2-4-7-19/h2-4,6-7,11,17,20-21,25H,5,8-10,12-16H2,1H3. The van der Waals surface area contributed by atoms with E-state index in [1.165, 1.54) is 5.56 Å². The SMILES string of the molecule is Cc1ccn(C2CCNCC2)c(=O)c1C(=O)N1CCCC(c2ccccc2)CC1. The summed E-state index contributed by atoms with van der Waals surface area (Å²) in [4.78, 5) is 28.5. The number of rotatable bonds is 3. The van der Waals surface area contributed by atoms with Gasteiger partial charge in [0.25, 0.3) is 11.5 Å². The van der Waals surface area contributed by atoms with E-state index in [9.17, 15) is 9.59 Å². The summed E-state index contributed by atoms with van der Waals surface area (Å²) in [6, 6.07) is 12.7. The molecule has 1 atom stereocenters. The van der Waals surface area contributed by atoms with Crippen molar-refractivity contribution in [3.8, 4) is 0 Å². The van der Waals surface area contributed by atoms with Crippen LogP contribution in [0.2, 0.25) is 0 Å². The number of piperidine rings is 1. The van der Waals surface area contributed by atoms with E-state index in [4.69, 9.17) is 0 Å². The average Bonchev–Trinajstić information content (AvgIpc) is 3.01. The second kappa shape index (κ2) is 8.95. The number of benzene rings is 1. The molecule has 2 aliphatic rings. The first-order valence-electron chi connectivity index (χ1n) is 10.9. The maximum Gasteiger partial charge on any atom is 0.263 e. The molecule has 0 bridgehead atoms. The fraction of sp³-hybridized carbons (Fsp3) is 0.500. The van der Waals surface area contributed by atoms with Gasteiger partial charge in [-0.2, -0.15) is 0 Å². The number of carbonyl (C=O) groups is 1. The van der Waals surface area contributed by atoms with Crippen LogP contribution in [0.25, 0.3) is 0 Å². The molecule has 0 aliphatic carbocycles. The van der Waals surface area contributed by atoms with Crippen LogP contribution in [0, 0.1) is 6.92 Å². The second-order valence-corrected chi connectivity index (χ2v) is 8.40. The molecule has 1 N–H and O–H groups in total. The fourth-order valence-corrected chi connectivity index (χ4v) is 4.79. The van der Waals surface area contributed by atoms with Crippen LogP contribution in [0.1, 0.15) is 65.5 Å². The first-order valence-corrected chi connectivity index (χ1v) is 10.9. The van der Waals surface area contributed by atoms with Crippen LogP contribution in [-0.4, -0.2) is 41.6 Å². The first kappa shape index (κ1) is 19.9. The monoisotopic (exact) mass is 393 g/mol. The van der Waals surface area contributed by atoms with Crippen molar-refractivity contribution in [1.29, 1.82) is 0 Å². The van der Waals surface area contributed by atoms with Crippen LogP contribution in [0.3, 0.4) is 0 Å². The summed E-state index contributed by atoms with van der Waals surface area (Å²) < 4.78 is 1.80. The van der Waals surface area contributed by atoms with Crippen molar-refractivity contribution in [1.82, 2.24) is 14.8 Å².